The van der Waals surface area contributed by atoms with Gasteiger partial charge in [-0.05, 0) is 32.1 Å². The lowest BCUT2D eigenvalue weighted by Crippen LogP contribution is -2.41. The summed E-state index contributed by atoms with van der Waals surface area (Å²) in [5, 5.41) is 23.1. The lowest BCUT2D eigenvalue weighted by atomic mass is 9.96. The average molecular weight is 441 g/mol. The molecule has 0 amide bonds. The van der Waals surface area contributed by atoms with Gasteiger partial charge in [0, 0.05) is 18.5 Å². The van der Waals surface area contributed by atoms with E-state index in [0.717, 1.165) is 31.4 Å². The summed E-state index contributed by atoms with van der Waals surface area (Å²) in [6.07, 6.45) is 6.83. The summed E-state index contributed by atoms with van der Waals surface area (Å²) in [4.78, 5) is 3.94. The van der Waals surface area contributed by atoms with Crippen molar-refractivity contribution in [2.75, 3.05) is 25.1 Å². The molecule has 158 valence electrons. The normalized spacial score (nSPS) is 21.3. The van der Waals surface area contributed by atoms with Crippen molar-refractivity contribution in [3.63, 3.8) is 0 Å². The Hall–Kier alpha value is -1.93. The van der Waals surface area contributed by atoms with E-state index in [4.69, 9.17) is 22.4 Å². The van der Waals surface area contributed by atoms with Crippen molar-refractivity contribution in [1.29, 1.82) is 5.26 Å². The minimum absolute atomic E-state index is 0.0297. The molecule has 2 fully saturated rings. The lowest BCUT2D eigenvalue weighted by molar-refractivity contribution is 0.108. The monoisotopic (exact) mass is 440 g/mol. The minimum Gasteiger partial charge on any atom is -0.392 e. The maximum atomic E-state index is 10.9. The van der Waals surface area contributed by atoms with Crippen molar-refractivity contribution in [3.8, 4) is 6.07 Å². The van der Waals surface area contributed by atoms with Crippen LogP contribution in [0.15, 0.2) is 6.20 Å². The van der Waals surface area contributed by atoms with Gasteiger partial charge in [-0.3, -0.25) is 0 Å². The molecule has 1 aliphatic carbocycles. The van der Waals surface area contributed by atoms with Crippen LogP contribution in [0.25, 0.3) is 5.52 Å². The van der Waals surface area contributed by atoms with Gasteiger partial charge in [0.2, 0.25) is 16.0 Å². The van der Waals surface area contributed by atoms with Gasteiger partial charge in [0.25, 0.3) is 0 Å². The molecule has 2 aromatic heterocycles. The molecule has 1 aliphatic heterocycles. The van der Waals surface area contributed by atoms with Crippen LogP contribution in [0.5, 0.6) is 0 Å². The number of fused-ring (bicyclic) bond motifs is 1. The van der Waals surface area contributed by atoms with E-state index >= 15 is 0 Å². The van der Waals surface area contributed by atoms with Gasteiger partial charge in [0.05, 0.1) is 34.8 Å². The van der Waals surface area contributed by atoms with Crippen LogP contribution in [0, 0.1) is 11.3 Å². The molecular formula is C18H25ClN6O3S. The maximum Gasteiger partial charge on any atom is 0.238 e. The van der Waals surface area contributed by atoms with Gasteiger partial charge in [-0.2, -0.15) is 9.57 Å². The van der Waals surface area contributed by atoms with Gasteiger partial charge in [0.1, 0.15) is 11.6 Å². The van der Waals surface area contributed by atoms with E-state index in [2.05, 4.69) is 23.1 Å². The second kappa shape index (κ2) is 8.07. The van der Waals surface area contributed by atoms with E-state index in [1.807, 2.05) is 0 Å². The molecule has 1 atom stereocenters. The highest BCUT2D eigenvalue weighted by Gasteiger charge is 2.47. The number of nitriles is 1. The standard InChI is InChI=1S/C12H12ClN5.C6H13NO3S/c1-2-12(3-4-12)10-7(5-14)9(13)8-6-16-11(15)17-18(8)10;1-11(9,10)7-4-2-3-6(8)5-7/h6H,2-4H2,1H3,(H2,15,17);6,8H,2-5H2,1H3. The van der Waals surface area contributed by atoms with Crippen LogP contribution in [-0.2, 0) is 15.4 Å². The van der Waals surface area contributed by atoms with Crippen molar-refractivity contribution >= 4 is 33.1 Å². The number of halogens is 1. The summed E-state index contributed by atoms with van der Waals surface area (Å²) in [6, 6.07) is 2.19. The molecule has 0 aromatic carbocycles. The molecule has 11 heteroatoms. The highest BCUT2D eigenvalue weighted by molar-refractivity contribution is 7.88. The first-order chi connectivity index (χ1) is 13.6. The van der Waals surface area contributed by atoms with Crippen LogP contribution in [-0.4, -0.2) is 57.9 Å². The van der Waals surface area contributed by atoms with Crippen LogP contribution in [0.1, 0.15) is 50.3 Å². The molecule has 0 spiro atoms. The topological polar surface area (TPSA) is 138 Å². The van der Waals surface area contributed by atoms with Crippen molar-refractivity contribution in [1.82, 2.24) is 18.9 Å². The third-order valence-corrected chi connectivity index (χ3v) is 7.27. The van der Waals surface area contributed by atoms with Gasteiger partial charge in [-0.15, -0.1) is 5.10 Å². The Morgan fingerprint density at radius 3 is 2.66 bits per heavy atom. The molecular weight excluding hydrogens is 416 g/mol. The molecule has 3 heterocycles. The van der Waals surface area contributed by atoms with Crippen molar-refractivity contribution in [2.45, 2.75) is 50.5 Å². The Bertz CT molecular complexity index is 1060. The number of piperidine rings is 1. The number of nitrogen functional groups attached to an aromatic ring is 1. The maximum absolute atomic E-state index is 10.9. The Morgan fingerprint density at radius 2 is 2.17 bits per heavy atom. The number of nitrogens with two attached hydrogens (primary N) is 1. The van der Waals surface area contributed by atoms with E-state index in [1.165, 1.54) is 10.6 Å². The number of hydrogen-bond acceptors (Lipinski definition) is 7. The summed E-state index contributed by atoms with van der Waals surface area (Å²) in [6.45, 7) is 2.93. The van der Waals surface area contributed by atoms with Crippen LogP contribution in [0.4, 0.5) is 5.95 Å². The number of anilines is 1. The van der Waals surface area contributed by atoms with E-state index in [9.17, 15) is 13.7 Å². The van der Waals surface area contributed by atoms with Crippen molar-refractivity contribution < 1.29 is 13.5 Å². The third kappa shape index (κ3) is 4.33. The van der Waals surface area contributed by atoms with Gasteiger partial charge in [-0.25, -0.2) is 17.9 Å². The first-order valence-electron chi connectivity index (χ1n) is 9.49. The smallest absolute Gasteiger partial charge is 0.238 e. The van der Waals surface area contributed by atoms with E-state index < -0.39 is 16.1 Å². The summed E-state index contributed by atoms with van der Waals surface area (Å²) < 4.78 is 24.9. The van der Waals surface area contributed by atoms with Crippen molar-refractivity contribution in [2.24, 2.45) is 0 Å². The summed E-state index contributed by atoms with van der Waals surface area (Å²) in [5.74, 6) is 0.187. The third-order valence-electron chi connectivity index (χ3n) is 5.62. The Morgan fingerprint density at radius 1 is 1.48 bits per heavy atom. The molecule has 2 aromatic rings. The molecule has 2 aliphatic rings. The van der Waals surface area contributed by atoms with Crippen LogP contribution in [0.3, 0.4) is 0 Å². The van der Waals surface area contributed by atoms with Gasteiger partial charge in [0.15, 0.2) is 0 Å². The number of nitrogens with zero attached hydrogens (tertiary/aromatic N) is 5. The fraction of sp³-hybridized carbons (Fsp3) is 0.611. The van der Waals surface area contributed by atoms with Crippen molar-refractivity contribution in [3.05, 3.63) is 22.5 Å². The number of hydrogen-bond donors (Lipinski definition) is 2. The molecule has 1 saturated heterocycles. The zero-order valence-corrected chi connectivity index (χ0v) is 18.0. The number of aliphatic hydroxyl groups is 1. The Kier molecular flexibility index (Phi) is 6.06. The van der Waals surface area contributed by atoms with Crippen LogP contribution < -0.4 is 5.73 Å². The molecule has 1 unspecified atom stereocenters. The summed E-state index contributed by atoms with van der Waals surface area (Å²) in [7, 11) is -3.09. The quantitative estimate of drug-likeness (QED) is 0.740. The fourth-order valence-electron chi connectivity index (χ4n) is 3.74. The first kappa shape index (κ1) is 21.8. The van der Waals surface area contributed by atoms with E-state index in [0.29, 0.717) is 29.1 Å². The average Bonchev–Trinajstić information content (AvgIpc) is 3.41. The minimum atomic E-state index is -3.09. The molecule has 0 bridgehead atoms. The Labute approximate surface area is 175 Å². The van der Waals surface area contributed by atoms with Crippen LogP contribution >= 0.6 is 11.6 Å². The van der Waals surface area contributed by atoms with Gasteiger partial charge in [-0.1, -0.05) is 18.5 Å². The Balaban J connectivity index is 0.000000188. The summed E-state index contributed by atoms with van der Waals surface area (Å²) in [5.41, 5.74) is 7.71. The van der Waals surface area contributed by atoms with E-state index in [-0.39, 0.29) is 17.9 Å². The zero-order chi connectivity index (χ0) is 21.4. The molecule has 1 saturated carbocycles. The largest absolute Gasteiger partial charge is 0.392 e. The first-order valence-corrected chi connectivity index (χ1v) is 11.7. The number of aromatic nitrogens is 3. The molecule has 3 N–H and O–H groups in total. The number of sulfonamides is 1. The molecule has 29 heavy (non-hydrogen) atoms. The molecule has 9 nitrogen and oxygen atoms in total. The van der Waals surface area contributed by atoms with Gasteiger partial charge < -0.3 is 10.8 Å². The number of aliphatic hydroxyl groups excluding tert-OH is 1. The predicted octanol–water partition coefficient (Wildman–Crippen LogP) is 1.68. The predicted molar refractivity (Wildman–Crippen MR) is 110 cm³/mol. The second-order valence-electron chi connectivity index (χ2n) is 7.61. The fourth-order valence-corrected chi connectivity index (χ4v) is 4.91. The molecule has 0 radical (unpaired) electrons. The lowest BCUT2D eigenvalue weighted by Gasteiger charge is -2.27. The number of β-amino-alcohol motifs (C(OH)–C–C–N with tert-alkyl or cyclic N) is 1. The highest BCUT2D eigenvalue weighted by atomic mass is 35.5. The number of rotatable bonds is 3. The second-order valence-corrected chi connectivity index (χ2v) is 9.97. The van der Waals surface area contributed by atoms with Crippen LogP contribution in [0.2, 0.25) is 5.02 Å². The zero-order valence-electron chi connectivity index (χ0n) is 16.5. The van der Waals surface area contributed by atoms with E-state index in [1.54, 1.807) is 10.7 Å². The SMILES string of the molecule is CCC1(c2c(C#N)c(Cl)c3cnc(N)nn23)CC1.CS(=O)(=O)N1CCCC(O)C1. The van der Waals surface area contributed by atoms with Gasteiger partial charge >= 0.3 is 0 Å². The highest BCUT2D eigenvalue weighted by Crippen LogP contribution is 2.53. The summed E-state index contributed by atoms with van der Waals surface area (Å²) >= 11 is 6.24. The molecule has 4 rings (SSSR count).